The highest BCUT2D eigenvalue weighted by molar-refractivity contribution is 7.10. The number of nitrogens with zero attached hydrogens (tertiary/aromatic N) is 1. The van der Waals surface area contributed by atoms with Crippen LogP contribution in [0.3, 0.4) is 0 Å². The normalized spacial score (nSPS) is 29.7. The molecule has 2 aromatic rings. The molecule has 1 N–H and O–H groups in total. The molecule has 3 nitrogen and oxygen atoms in total. The summed E-state index contributed by atoms with van der Waals surface area (Å²) in [6.45, 7) is 1.04. The summed E-state index contributed by atoms with van der Waals surface area (Å²) in [6, 6.07) is 15.6. The van der Waals surface area contributed by atoms with Gasteiger partial charge in [0.05, 0.1) is 5.92 Å². The summed E-state index contributed by atoms with van der Waals surface area (Å²) in [5.74, 6) is -0.695. The minimum Gasteiger partial charge on any atom is -0.481 e. The van der Waals surface area contributed by atoms with Crippen LogP contribution in [-0.4, -0.2) is 34.6 Å². The van der Waals surface area contributed by atoms with Crippen molar-refractivity contribution in [2.24, 2.45) is 5.92 Å². The Morgan fingerprint density at radius 3 is 2.71 bits per heavy atom. The number of carboxylic acids is 1. The minimum atomic E-state index is -0.618. The van der Waals surface area contributed by atoms with Gasteiger partial charge in [-0.15, -0.1) is 11.3 Å². The van der Waals surface area contributed by atoms with Crippen LogP contribution in [0.1, 0.15) is 35.6 Å². The molecule has 1 aromatic heterocycles. The van der Waals surface area contributed by atoms with E-state index in [1.165, 1.54) is 10.4 Å². The number of aliphatic carboxylic acids is 1. The van der Waals surface area contributed by atoms with Crippen LogP contribution < -0.4 is 0 Å². The van der Waals surface area contributed by atoms with E-state index < -0.39 is 5.97 Å². The Hall–Kier alpha value is -1.65. The number of hydrogen-bond donors (Lipinski definition) is 1. The molecular formula is C20H23NO2S. The Bertz CT molecular complexity index is 685. The number of thiophene rings is 1. The van der Waals surface area contributed by atoms with Gasteiger partial charge in [0.15, 0.2) is 0 Å². The monoisotopic (exact) mass is 341 g/mol. The zero-order valence-electron chi connectivity index (χ0n) is 13.7. The predicted molar refractivity (Wildman–Crippen MR) is 96.5 cm³/mol. The molecular weight excluding hydrogens is 318 g/mol. The molecule has 2 saturated heterocycles. The molecule has 0 amide bonds. The quantitative estimate of drug-likeness (QED) is 0.893. The second kappa shape index (κ2) is 6.69. The second-order valence-electron chi connectivity index (χ2n) is 6.99. The highest BCUT2D eigenvalue weighted by Crippen LogP contribution is 2.48. The van der Waals surface area contributed by atoms with Crippen molar-refractivity contribution < 1.29 is 9.90 Å². The molecule has 24 heavy (non-hydrogen) atoms. The van der Waals surface area contributed by atoms with E-state index in [1.807, 2.05) is 6.07 Å². The Morgan fingerprint density at radius 1 is 1.17 bits per heavy atom. The lowest BCUT2D eigenvalue weighted by Crippen LogP contribution is -2.50. The smallest absolute Gasteiger partial charge is 0.307 e. The summed E-state index contributed by atoms with van der Waals surface area (Å²) in [7, 11) is 0. The standard InChI is InChI=1S/C20H23NO2S/c22-20(23)16-13-15-8-9-17(19(16)18-7-4-12-24-18)21(15)11-10-14-5-2-1-3-6-14/h1-7,12,15-17,19H,8-11,13H2,(H,22,23)/t15-,16-,17+,19-/m0/s1. The predicted octanol–water partition coefficient (Wildman–Crippen LogP) is 4.01. The summed E-state index contributed by atoms with van der Waals surface area (Å²) in [6.07, 6.45) is 4.11. The summed E-state index contributed by atoms with van der Waals surface area (Å²) in [5.41, 5.74) is 1.37. The first kappa shape index (κ1) is 15.9. The van der Waals surface area contributed by atoms with Crippen molar-refractivity contribution in [3.05, 3.63) is 58.3 Å². The number of carbonyl (C=O) groups is 1. The number of piperidine rings is 1. The zero-order valence-corrected chi connectivity index (χ0v) is 14.5. The van der Waals surface area contributed by atoms with Crippen LogP contribution in [0.25, 0.3) is 0 Å². The maximum Gasteiger partial charge on any atom is 0.307 e. The van der Waals surface area contributed by atoms with Crippen molar-refractivity contribution in [3.63, 3.8) is 0 Å². The number of fused-ring (bicyclic) bond motifs is 2. The van der Waals surface area contributed by atoms with Crippen molar-refractivity contribution in [1.82, 2.24) is 4.90 Å². The van der Waals surface area contributed by atoms with Crippen molar-refractivity contribution >= 4 is 17.3 Å². The van der Waals surface area contributed by atoms with Crippen LogP contribution in [0, 0.1) is 5.92 Å². The first-order valence-electron chi connectivity index (χ1n) is 8.80. The molecule has 4 atom stereocenters. The lowest BCUT2D eigenvalue weighted by atomic mass is 9.79. The average molecular weight is 341 g/mol. The summed E-state index contributed by atoms with van der Waals surface area (Å²) in [4.78, 5) is 15.7. The van der Waals surface area contributed by atoms with Gasteiger partial charge in [-0.3, -0.25) is 9.69 Å². The Kier molecular flexibility index (Phi) is 4.42. The molecule has 4 heteroatoms. The fourth-order valence-corrected chi connectivity index (χ4v) is 5.64. The van der Waals surface area contributed by atoms with Crippen molar-refractivity contribution in [1.29, 1.82) is 0 Å². The van der Waals surface area contributed by atoms with E-state index in [0.717, 1.165) is 32.2 Å². The van der Waals surface area contributed by atoms with E-state index >= 15 is 0 Å². The molecule has 2 fully saturated rings. The molecule has 1 aromatic carbocycles. The van der Waals surface area contributed by atoms with Gasteiger partial charge in [-0.25, -0.2) is 0 Å². The second-order valence-corrected chi connectivity index (χ2v) is 7.97. The molecule has 2 bridgehead atoms. The molecule has 4 rings (SSSR count). The molecule has 0 radical (unpaired) electrons. The SMILES string of the molecule is O=C(O)[C@H]1C[C@@H]2CC[C@H]([C@H]1c1cccs1)N2CCc1ccccc1. The molecule has 2 aliphatic rings. The van der Waals surface area contributed by atoms with Crippen molar-refractivity contribution in [3.8, 4) is 0 Å². The van der Waals surface area contributed by atoms with Crippen LogP contribution >= 0.6 is 11.3 Å². The van der Waals surface area contributed by atoms with E-state index in [2.05, 4.69) is 46.7 Å². The maximum absolute atomic E-state index is 11.9. The largest absolute Gasteiger partial charge is 0.481 e. The fourth-order valence-electron chi connectivity index (χ4n) is 4.69. The van der Waals surface area contributed by atoms with Gasteiger partial charge < -0.3 is 5.11 Å². The first-order chi connectivity index (χ1) is 11.7. The lowest BCUT2D eigenvalue weighted by Gasteiger charge is -2.43. The molecule has 2 aliphatic heterocycles. The number of benzene rings is 1. The third-order valence-corrected chi connectivity index (χ3v) is 6.73. The highest BCUT2D eigenvalue weighted by atomic mass is 32.1. The van der Waals surface area contributed by atoms with E-state index in [-0.39, 0.29) is 11.8 Å². The lowest BCUT2D eigenvalue weighted by molar-refractivity contribution is -0.145. The molecule has 0 aliphatic carbocycles. The van der Waals surface area contributed by atoms with Crippen LogP contribution in [0.5, 0.6) is 0 Å². The van der Waals surface area contributed by atoms with Crippen molar-refractivity contribution in [2.75, 3.05) is 6.54 Å². The van der Waals surface area contributed by atoms with E-state index in [1.54, 1.807) is 11.3 Å². The van der Waals surface area contributed by atoms with Gasteiger partial charge in [-0.1, -0.05) is 36.4 Å². The topological polar surface area (TPSA) is 40.5 Å². The average Bonchev–Trinajstić information content (AvgIpc) is 3.21. The van der Waals surface area contributed by atoms with E-state index in [0.29, 0.717) is 12.1 Å². The third kappa shape index (κ3) is 2.89. The number of hydrogen-bond acceptors (Lipinski definition) is 3. The first-order valence-corrected chi connectivity index (χ1v) is 9.68. The van der Waals surface area contributed by atoms with Gasteiger partial charge in [0.2, 0.25) is 0 Å². The third-order valence-electron chi connectivity index (χ3n) is 5.76. The van der Waals surface area contributed by atoms with Crippen molar-refractivity contribution in [2.45, 2.75) is 43.7 Å². The number of rotatable bonds is 5. The molecule has 0 unspecified atom stereocenters. The molecule has 3 heterocycles. The van der Waals surface area contributed by atoms with Gasteiger partial charge in [0, 0.05) is 29.4 Å². The van der Waals surface area contributed by atoms with Crippen LogP contribution in [0.2, 0.25) is 0 Å². The van der Waals surface area contributed by atoms with E-state index in [9.17, 15) is 9.90 Å². The molecule has 126 valence electrons. The Balaban J connectivity index is 1.55. The Labute approximate surface area is 146 Å². The van der Waals surface area contributed by atoms with Gasteiger partial charge in [-0.05, 0) is 42.7 Å². The van der Waals surface area contributed by atoms with Crippen LogP contribution in [0.4, 0.5) is 0 Å². The summed E-state index contributed by atoms with van der Waals surface area (Å²) in [5, 5.41) is 11.8. The maximum atomic E-state index is 11.9. The fraction of sp³-hybridized carbons (Fsp3) is 0.450. The zero-order chi connectivity index (χ0) is 16.5. The summed E-state index contributed by atoms with van der Waals surface area (Å²) < 4.78 is 0. The van der Waals surface area contributed by atoms with Gasteiger partial charge in [-0.2, -0.15) is 0 Å². The van der Waals surface area contributed by atoms with Crippen LogP contribution in [0.15, 0.2) is 47.8 Å². The molecule has 0 spiro atoms. The van der Waals surface area contributed by atoms with Gasteiger partial charge in [0.25, 0.3) is 0 Å². The molecule has 0 saturated carbocycles. The number of carboxylic acid groups (broad SMARTS) is 1. The Morgan fingerprint density at radius 2 is 2.00 bits per heavy atom. The highest BCUT2D eigenvalue weighted by Gasteiger charge is 2.50. The van der Waals surface area contributed by atoms with Gasteiger partial charge >= 0.3 is 5.97 Å². The summed E-state index contributed by atoms with van der Waals surface area (Å²) >= 11 is 1.71. The van der Waals surface area contributed by atoms with Gasteiger partial charge in [0.1, 0.15) is 0 Å². The van der Waals surface area contributed by atoms with Crippen LogP contribution in [-0.2, 0) is 11.2 Å². The minimum absolute atomic E-state index is 0.150. The van der Waals surface area contributed by atoms with E-state index in [4.69, 9.17) is 0 Å².